The number of hydrogen-bond acceptors (Lipinski definition) is 9. The van der Waals surface area contributed by atoms with E-state index in [2.05, 4.69) is 20.0 Å². The number of aromatic nitrogens is 2. The summed E-state index contributed by atoms with van der Waals surface area (Å²) in [6, 6.07) is 18.3. The summed E-state index contributed by atoms with van der Waals surface area (Å²) in [5.41, 5.74) is 2.47. The quantitative estimate of drug-likeness (QED) is 0.239. The highest BCUT2D eigenvalue weighted by molar-refractivity contribution is 7.92. The molecule has 0 fully saturated rings. The number of aliphatic hydroxyl groups is 2. The molecule has 11 heteroatoms. The Morgan fingerprint density at radius 1 is 0.861 bits per heavy atom. The first-order valence-corrected chi connectivity index (χ1v) is 12.6. The fourth-order valence-electron chi connectivity index (χ4n) is 3.49. The van der Waals surface area contributed by atoms with Crippen LogP contribution in [0.15, 0.2) is 71.6 Å². The molecule has 0 saturated heterocycles. The largest absolute Gasteiger partial charge is 0.497 e. The van der Waals surface area contributed by atoms with Crippen LogP contribution in [0, 0.1) is 0 Å². The molecule has 1 aromatic heterocycles. The fraction of sp³-hybridized carbons (Fsp3) is 0.200. The first-order valence-electron chi connectivity index (χ1n) is 11.1. The number of methoxy groups -OCH3 is 1. The predicted octanol–water partition coefficient (Wildman–Crippen LogP) is 3.09. The first-order chi connectivity index (χ1) is 17.4. The molecule has 0 amide bonds. The van der Waals surface area contributed by atoms with Crippen molar-refractivity contribution < 1.29 is 28.1 Å². The van der Waals surface area contributed by atoms with Gasteiger partial charge in [0.1, 0.15) is 18.1 Å². The molecule has 0 aliphatic heterocycles. The summed E-state index contributed by atoms with van der Waals surface area (Å²) in [5.74, 6) is 1.21. The molecule has 188 valence electrons. The zero-order chi connectivity index (χ0) is 25.5. The summed E-state index contributed by atoms with van der Waals surface area (Å²) in [4.78, 5) is 9.12. The number of anilines is 3. The maximum atomic E-state index is 13.2. The Kier molecular flexibility index (Phi) is 7.84. The molecular formula is C25H26N4O6S. The highest BCUT2D eigenvalue weighted by atomic mass is 32.2. The van der Waals surface area contributed by atoms with E-state index in [9.17, 15) is 13.5 Å². The van der Waals surface area contributed by atoms with Crippen LogP contribution in [-0.2, 0) is 16.4 Å². The molecule has 0 atom stereocenters. The molecule has 1 heterocycles. The van der Waals surface area contributed by atoms with Crippen LogP contribution in [0.4, 0.5) is 17.3 Å². The summed E-state index contributed by atoms with van der Waals surface area (Å²) in [7, 11) is -2.49. The van der Waals surface area contributed by atoms with E-state index in [1.165, 1.54) is 24.3 Å². The number of rotatable bonds is 11. The minimum atomic E-state index is -4.03. The minimum absolute atomic E-state index is 0.00195. The van der Waals surface area contributed by atoms with Gasteiger partial charge in [0.15, 0.2) is 11.6 Å². The van der Waals surface area contributed by atoms with E-state index >= 15 is 0 Å². The summed E-state index contributed by atoms with van der Waals surface area (Å²) >= 11 is 0. The SMILES string of the molecule is COc1ccc(CCO)c(Nc2nc3ccccc3nc2NS(=O)(=O)c2ccc(OCCO)cc2)c1. The van der Waals surface area contributed by atoms with Crippen LogP contribution in [0.3, 0.4) is 0 Å². The highest BCUT2D eigenvalue weighted by Gasteiger charge is 2.20. The number of sulfonamides is 1. The Hall–Kier alpha value is -3.93. The number of aliphatic hydroxyl groups excluding tert-OH is 2. The lowest BCUT2D eigenvalue weighted by Crippen LogP contribution is -2.16. The third kappa shape index (κ3) is 5.82. The molecule has 0 unspecified atom stereocenters. The standard InChI is InChI=1S/C25H26N4O6S/c1-34-19-7-6-17(12-13-30)23(16-19)28-24-25(27-22-5-3-2-4-21(22)26-24)29-36(32,33)20-10-8-18(9-11-20)35-15-14-31/h2-11,16,30-31H,12-15H2,1H3,(H,26,28)(H,27,29). The number of hydrogen-bond donors (Lipinski definition) is 4. The van der Waals surface area contributed by atoms with Gasteiger partial charge in [-0.15, -0.1) is 0 Å². The molecule has 4 rings (SSSR count). The van der Waals surface area contributed by atoms with E-state index in [1.807, 2.05) is 12.1 Å². The van der Waals surface area contributed by atoms with Crippen molar-refractivity contribution in [1.29, 1.82) is 0 Å². The van der Waals surface area contributed by atoms with Crippen molar-refractivity contribution in [2.45, 2.75) is 11.3 Å². The molecule has 0 spiro atoms. The maximum absolute atomic E-state index is 13.2. The molecule has 10 nitrogen and oxygen atoms in total. The van der Waals surface area contributed by atoms with Crippen molar-refractivity contribution in [3.63, 3.8) is 0 Å². The lowest BCUT2D eigenvalue weighted by molar-refractivity contribution is 0.201. The molecular weight excluding hydrogens is 484 g/mol. The van der Waals surface area contributed by atoms with Gasteiger partial charge >= 0.3 is 0 Å². The molecule has 4 aromatic rings. The van der Waals surface area contributed by atoms with Crippen molar-refractivity contribution in [1.82, 2.24) is 9.97 Å². The van der Waals surface area contributed by atoms with Gasteiger partial charge in [0, 0.05) is 18.4 Å². The number of benzene rings is 3. The second-order valence-corrected chi connectivity index (χ2v) is 9.36. The van der Waals surface area contributed by atoms with Crippen LogP contribution in [0.5, 0.6) is 11.5 Å². The number of nitrogens with one attached hydrogen (secondary N) is 2. The van der Waals surface area contributed by atoms with Crippen molar-refractivity contribution in [2.75, 3.05) is 37.0 Å². The second-order valence-electron chi connectivity index (χ2n) is 7.68. The maximum Gasteiger partial charge on any atom is 0.263 e. The normalized spacial score (nSPS) is 11.3. The van der Waals surface area contributed by atoms with Crippen LogP contribution in [0.1, 0.15) is 5.56 Å². The third-order valence-corrected chi connectivity index (χ3v) is 6.60. The van der Waals surface area contributed by atoms with Crippen molar-refractivity contribution in [3.05, 3.63) is 72.3 Å². The van der Waals surface area contributed by atoms with Gasteiger partial charge < -0.3 is 25.0 Å². The van der Waals surface area contributed by atoms with Crippen molar-refractivity contribution >= 4 is 38.4 Å². The van der Waals surface area contributed by atoms with Crippen molar-refractivity contribution in [2.24, 2.45) is 0 Å². The van der Waals surface area contributed by atoms with Gasteiger partial charge in [0.05, 0.1) is 29.6 Å². The highest BCUT2D eigenvalue weighted by Crippen LogP contribution is 2.31. The van der Waals surface area contributed by atoms with Gasteiger partial charge in [-0.3, -0.25) is 4.72 Å². The van der Waals surface area contributed by atoms with Crippen LogP contribution in [-0.4, -0.2) is 55.5 Å². The Balaban J connectivity index is 1.72. The van der Waals surface area contributed by atoms with Crippen LogP contribution in [0.2, 0.25) is 0 Å². The number of fused-ring (bicyclic) bond motifs is 1. The number of ether oxygens (including phenoxy) is 2. The molecule has 4 N–H and O–H groups in total. The van der Waals surface area contributed by atoms with Gasteiger partial charge in [-0.05, 0) is 54.4 Å². The lowest BCUT2D eigenvalue weighted by Gasteiger charge is -2.16. The zero-order valence-corrected chi connectivity index (χ0v) is 20.3. The van der Waals surface area contributed by atoms with Crippen molar-refractivity contribution in [3.8, 4) is 11.5 Å². The Morgan fingerprint density at radius 3 is 2.17 bits per heavy atom. The average Bonchev–Trinajstić information content (AvgIpc) is 2.89. The van der Waals surface area contributed by atoms with Crippen LogP contribution < -0.4 is 19.5 Å². The summed E-state index contributed by atoms with van der Waals surface area (Å²) in [6.45, 7) is -0.109. The predicted molar refractivity (Wildman–Crippen MR) is 136 cm³/mol. The van der Waals surface area contributed by atoms with E-state index in [1.54, 1.807) is 37.4 Å². The second kappa shape index (κ2) is 11.2. The summed E-state index contributed by atoms with van der Waals surface area (Å²) in [5, 5.41) is 21.5. The topological polar surface area (TPSA) is 143 Å². The minimum Gasteiger partial charge on any atom is -0.497 e. The van der Waals surface area contributed by atoms with E-state index in [0.29, 0.717) is 34.6 Å². The van der Waals surface area contributed by atoms with Gasteiger partial charge in [0.2, 0.25) is 0 Å². The molecule has 0 bridgehead atoms. The van der Waals surface area contributed by atoms with Gasteiger partial charge in [-0.2, -0.15) is 0 Å². The average molecular weight is 511 g/mol. The molecule has 0 radical (unpaired) electrons. The van der Waals surface area contributed by atoms with E-state index in [-0.39, 0.29) is 36.4 Å². The molecule has 3 aromatic carbocycles. The summed E-state index contributed by atoms with van der Waals surface area (Å²) in [6.07, 6.45) is 0.374. The molecule has 0 aliphatic rings. The van der Waals surface area contributed by atoms with Crippen LogP contribution in [0.25, 0.3) is 11.0 Å². The van der Waals surface area contributed by atoms with E-state index in [4.69, 9.17) is 14.6 Å². The number of para-hydroxylation sites is 2. The van der Waals surface area contributed by atoms with E-state index in [0.717, 1.165) is 5.56 Å². The lowest BCUT2D eigenvalue weighted by atomic mass is 10.1. The van der Waals surface area contributed by atoms with E-state index < -0.39 is 10.0 Å². The Bertz CT molecular complexity index is 1450. The molecule has 0 aliphatic carbocycles. The third-order valence-electron chi connectivity index (χ3n) is 5.25. The first kappa shape index (κ1) is 25.2. The van der Waals surface area contributed by atoms with Crippen LogP contribution >= 0.6 is 0 Å². The summed E-state index contributed by atoms with van der Waals surface area (Å²) < 4.78 is 39.6. The smallest absolute Gasteiger partial charge is 0.263 e. The van der Waals surface area contributed by atoms with Gasteiger partial charge in [0.25, 0.3) is 10.0 Å². The Labute approximate surface area is 208 Å². The van der Waals surface area contributed by atoms with Gasteiger partial charge in [-0.1, -0.05) is 18.2 Å². The zero-order valence-electron chi connectivity index (χ0n) is 19.5. The Morgan fingerprint density at radius 2 is 1.53 bits per heavy atom. The molecule has 0 saturated carbocycles. The number of nitrogens with zero attached hydrogens (tertiary/aromatic N) is 2. The fourth-order valence-corrected chi connectivity index (χ4v) is 4.50. The monoisotopic (exact) mass is 510 g/mol. The molecule has 36 heavy (non-hydrogen) atoms. The van der Waals surface area contributed by atoms with Gasteiger partial charge in [-0.25, -0.2) is 18.4 Å².